The standard InChI is InChI=1S/C24H30N2O3/c1-15-20(23(29)26-10-5-4-6-11-26)21(16-8-7-9-17(27)12-16)22-18(25-15)13-24(2,3)14-19(22)28/h7-9,12,21,25,27H,4-6,10-11,13-14H2,1-3H3/t21-/m0/s1. The van der Waals surface area contributed by atoms with E-state index in [4.69, 9.17) is 0 Å². The van der Waals surface area contributed by atoms with Crippen LogP contribution in [0.25, 0.3) is 0 Å². The van der Waals surface area contributed by atoms with Gasteiger partial charge in [-0.25, -0.2) is 0 Å². The molecule has 2 aliphatic heterocycles. The molecule has 1 amide bonds. The second kappa shape index (κ2) is 7.36. The Morgan fingerprint density at radius 3 is 2.59 bits per heavy atom. The highest BCUT2D eigenvalue weighted by Crippen LogP contribution is 2.47. The number of piperidine rings is 1. The van der Waals surface area contributed by atoms with Crippen LogP contribution in [0.4, 0.5) is 0 Å². The van der Waals surface area contributed by atoms with E-state index in [1.54, 1.807) is 18.2 Å². The number of allylic oxidation sites excluding steroid dienone is 3. The molecule has 1 aromatic carbocycles. The smallest absolute Gasteiger partial charge is 0.252 e. The molecule has 5 nitrogen and oxygen atoms in total. The summed E-state index contributed by atoms with van der Waals surface area (Å²) >= 11 is 0. The number of carbonyl (C=O) groups excluding carboxylic acids is 2. The summed E-state index contributed by atoms with van der Waals surface area (Å²) in [6.07, 6.45) is 4.42. The molecule has 0 unspecified atom stereocenters. The van der Waals surface area contributed by atoms with Gasteiger partial charge in [0.15, 0.2) is 5.78 Å². The highest BCUT2D eigenvalue weighted by Gasteiger charge is 2.43. The van der Waals surface area contributed by atoms with Gasteiger partial charge in [-0.2, -0.15) is 0 Å². The van der Waals surface area contributed by atoms with Crippen molar-refractivity contribution in [2.45, 2.75) is 58.8 Å². The first kappa shape index (κ1) is 19.7. The molecule has 154 valence electrons. The van der Waals surface area contributed by atoms with Gasteiger partial charge in [0.1, 0.15) is 5.75 Å². The monoisotopic (exact) mass is 394 g/mol. The van der Waals surface area contributed by atoms with Crippen molar-refractivity contribution in [3.05, 3.63) is 52.4 Å². The first-order valence-electron chi connectivity index (χ1n) is 10.6. The fraction of sp³-hybridized carbons (Fsp3) is 0.500. The lowest BCUT2D eigenvalue weighted by molar-refractivity contribution is -0.128. The molecule has 3 aliphatic rings. The van der Waals surface area contributed by atoms with Crippen LogP contribution in [0.5, 0.6) is 5.75 Å². The maximum Gasteiger partial charge on any atom is 0.252 e. The van der Waals surface area contributed by atoms with Crippen LogP contribution in [0.15, 0.2) is 46.8 Å². The third-order valence-electron chi connectivity index (χ3n) is 6.32. The predicted octanol–water partition coefficient (Wildman–Crippen LogP) is 4.01. The minimum Gasteiger partial charge on any atom is -0.508 e. The van der Waals surface area contributed by atoms with E-state index in [1.807, 2.05) is 17.9 Å². The van der Waals surface area contributed by atoms with Crippen LogP contribution in [0.1, 0.15) is 64.4 Å². The Balaban J connectivity index is 1.83. The number of phenols is 1. The van der Waals surface area contributed by atoms with Crippen molar-refractivity contribution < 1.29 is 14.7 Å². The van der Waals surface area contributed by atoms with Crippen molar-refractivity contribution in [3.63, 3.8) is 0 Å². The molecule has 1 fully saturated rings. The Kier molecular flexibility index (Phi) is 5.01. The number of nitrogens with one attached hydrogen (secondary N) is 1. The Bertz CT molecular complexity index is 920. The quantitative estimate of drug-likeness (QED) is 0.795. The van der Waals surface area contributed by atoms with E-state index in [1.165, 1.54) is 0 Å². The second-order valence-electron chi connectivity index (χ2n) is 9.38. The van der Waals surface area contributed by atoms with Gasteiger partial charge in [-0.05, 0) is 55.7 Å². The lowest BCUT2D eigenvalue weighted by Gasteiger charge is -2.41. The zero-order chi connectivity index (χ0) is 20.8. The highest BCUT2D eigenvalue weighted by atomic mass is 16.3. The molecule has 0 aromatic heterocycles. The number of nitrogens with zero attached hydrogens (tertiary/aromatic N) is 1. The van der Waals surface area contributed by atoms with Crippen LogP contribution in [-0.4, -0.2) is 34.8 Å². The molecule has 0 saturated carbocycles. The van der Waals surface area contributed by atoms with E-state index in [-0.39, 0.29) is 22.9 Å². The van der Waals surface area contributed by atoms with Crippen LogP contribution in [0.3, 0.4) is 0 Å². The van der Waals surface area contributed by atoms with Crippen LogP contribution in [0, 0.1) is 5.41 Å². The molecule has 1 atom stereocenters. The van der Waals surface area contributed by atoms with Crippen molar-refractivity contribution in [1.82, 2.24) is 10.2 Å². The first-order valence-corrected chi connectivity index (χ1v) is 10.6. The fourth-order valence-corrected chi connectivity index (χ4v) is 5.02. The molecule has 2 N–H and O–H groups in total. The average molecular weight is 395 g/mol. The molecule has 0 spiro atoms. The number of amides is 1. The number of aromatic hydroxyl groups is 1. The molecule has 0 radical (unpaired) electrons. The Hall–Kier alpha value is -2.56. The fourth-order valence-electron chi connectivity index (χ4n) is 5.02. The molecule has 2 heterocycles. The summed E-state index contributed by atoms with van der Waals surface area (Å²) in [5.41, 5.74) is 3.77. The Labute approximate surface area is 172 Å². The molecule has 0 bridgehead atoms. The summed E-state index contributed by atoms with van der Waals surface area (Å²) in [6.45, 7) is 7.66. The van der Waals surface area contributed by atoms with Gasteiger partial charge >= 0.3 is 0 Å². The first-order chi connectivity index (χ1) is 13.8. The molecule has 29 heavy (non-hydrogen) atoms. The summed E-state index contributed by atoms with van der Waals surface area (Å²) in [5.74, 6) is -0.189. The van der Waals surface area contributed by atoms with Crippen LogP contribution < -0.4 is 5.32 Å². The molecule has 1 aliphatic carbocycles. The number of hydrogen-bond acceptors (Lipinski definition) is 4. The summed E-state index contributed by atoms with van der Waals surface area (Å²) in [7, 11) is 0. The van der Waals surface area contributed by atoms with Crippen molar-refractivity contribution in [2.75, 3.05) is 13.1 Å². The largest absolute Gasteiger partial charge is 0.508 e. The minimum atomic E-state index is -0.434. The Morgan fingerprint density at radius 1 is 1.17 bits per heavy atom. The van der Waals surface area contributed by atoms with Gasteiger partial charge in [0.05, 0.1) is 0 Å². The third-order valence-corrected chi connectivity index (χ3v) is 6.32. The summed E-state index contributed by atoms with van der Waals surface area (Å²) in [5, 5.41) is 13.5. The zero-order valence-corrected chi connectivity index (χ0v) is 17.5. The molecule has 1 aromatic rings. The van der Waals surface area contributed by atoms with Gasteiger partial charge in [-0.15, -0.1) is 0 Å². The van der Waals surface area contributed by atoms with E-state index in [0.717, 1.165) is 55.7 Å². The molecular formula is C24H30N2O3. The highest BCUT2D eigenvalue weighted by molar-refractivity contribution is 6.05. The van der Waals surface area contributed by atoms with Crippen LogP contribution in [-0.2, 0) is 9.59 Å². The van der Waals surface area contributed by atoms with Gasteiger partial charge in [0.2, 0.25) is 0 Å². The maximum absolute atomic E-state index is 13.6. The number of likely N-dealkylation sites (tertiary alicyclic amines) is 1. The number of dihydropyridines is 1. The lowest BCUT2D eigenvalue weighted by Crippen LogP contribution is -2.43. The second-order valence-corrected chi connectivity index (χ2v) is 9.38. The van der Waals surface area contributed by atoms with E-state index in [2.05, 4.69) is 19.2 Å². The number of carbonyl (C=O) groups is 2. The van der Waals surface area contributed by atoms with Gasteiger partial charge in [0, 0.05) is 48.0 Å². The minimum absolute atomic E-state index is 0.00669. The number of hydrogen-bond donors (Lipinski definition) is 2. The van der Waals surface area contributed by atoms with Gasteiger partial charge < -0.3 is 15.3 Å². The molecule has 5 heteroatoms. The van der Waals surface area contributed by atoms with E-state index < -0.39 is 5.92 Å². The van der Waals surface area contributed by atoms with Crippen molar-refractivity contribution in [1.29, 1.82) is 0 Å². The molecule has 1 saturated heterocycles. The lowest BCUT2D eigenvalue weighted by atomic mass is 9.68. The average Bonchev–Trinajstić information content (AvgIpc) is 2.66. The van der Waals surface area contributed by atoms with Crippen molar-refractivity contribution in [2.24, 2.45) is 5.41 Å². The van der Waals surface area contributed by atoms with Crippen LogP contribution in [0.2, 0.25) is 0 Å². The van der Waals surface area contributed by atoms with E-state index in [9.17, 15) is 14.7 Å². The number of rotatable bonds is 2. The van der Waals surface area contributed by atoms with E-state index >= 15 is 0 Å². The summed E-state index contributed by atoms with van der Waals surface area (Å²) < 4.78 is 0. The maximum atomic E-state index is 13.6. The number of ketones is 1. The number of benzene rings is 1. The predicted molar refractivity (Wildman–Crippen MR) is 112 cm³/mol. The Morgan fingerprint density at radius 2 is 1.90 bits per heavy atom. The normalized spacial score (nSPS) is 24.3. The van der Waals surface area contributed by atoms with E-state index in [0.29, 0.717) is 17.6 Å². The number of phenolic OH excluding ortho intramolecular Hbond substituents is 1. The van der Waals surface area contributed by atoms with Crippen molar-refractivity contribution >= 4 is 11.7 Å². The van der Waals surface area contributed by atoms with Crippen LogP contribution >= 0.6 is 0 Å². The van der Waals surface area contributed by atoms with Gasteiger partial charge in [-0.3, -0.25) is 9.59 Å². The van der Waals surface area contributed by atoms with Gasteiger partial charge in [-0.1, -0.05) is 26.0 Å². The molecular weight excluding hydrogens is 364 g/mol. The van der Waals surface area contributed by atoms with Gasteiger partial charge in [0.25, 0.3) is 5.91 Å². The zero-order valence-electron chi connectivity index (χ0n) is 17.5. The SMILES string of the molecule is CC1=C(C(=O)N2CCCCC2)[C@H](c2cccc(O)c2)C2=C(CC(C)(C)CC2=O)N1. The number of Topliss-reactive ketones (excluding diaryl/α,β-unsaturated/α-hetero) is 1. The summed E-state index contributed by atoms with van der Waals surface area (Å²) in [4.78, 5) is 28.7. The van der Waals surface area contributed by atoms with Crippen molar-refractivity contribution in [3.8, 4) is 5.75 Å². The third kappa shape index (κ3) is 3.70. The summed E-state index contributed by atoms with van der Waals surface area (Å²) in [6, 6.07) is 6.99. The molecule has 4 rings (SSSR count). The topological polar surface area (TPSA) is 69.6 Å².